The Morgan fingerprint density at radius 3 is 2.36 bits per heavy atom. The molecule has 0 rings (SSSR count). The molecule has 0 aromatic heterocycles. The molecule has 0 saturated carbocycles. The van der Waals surface area contributed by atoms with Crippen LogP contribution in [0.25, 0.3) is 0 Å². The number of unbranched alkanes of at least 4 members (excludes halogenated alkanes) is 1. The van der Waals surface area contributed by atoms with E-state index < -0.39 is 0 Å². The summed E-state index contributed by atoms with van der Waals surface area (Å²) in [6.45, 7) is 10.4. The Morgan fingerprint density at radius 2 is 1.72 bits per heavy atom. The van der Waals surface area contributed by atoms with Crippen LogP contribution in [0.2, 0.25) is 0 Å². The third-order valence-electron chi connectivity index (χ3n) is 5.98. The molecule has 7 heteroatoms. The van der Waals surface area contributed by atoms with Crippen molar-refractivity contribution in [3.8, 4) is 12.3 Å². The first-order valence-electron chi connectivity index (χ1n) is 13.5. The van der Waals surface area contributed by atoms with Crippen molar-refractivity contribution >= 4 is 28.6 Å². The minimum Gasteiger partial charge on any atom is -0.472 e. The van der Waals surface area contributed by atoms with E-state index in [4.69, 9.17) is 30.1 Å². The second-order valence-corrected chi connectivity index (χ2v) is 10.5. The van der Waals surface area contributed by atoms with E-state index in [-0.39, 0.29) is 37.7 Å². The Labute approximate surface area is 251 Å². The first kappa shape index (κ1) is 37.1. The van der Waals surface area contributed by atoms with Gasteiger partial charge in [0.1, 0.15) is 6.79 Å². The van der Waals surface area contributed by atoms with Crippen LogP contribution in [0.5, 0.6) is 0 Å². The number of methoxy groups -OCH3 is 2. The summed E-state index contributed by atoms with van der Waals surface area (Å²) in [5.41, 5.74) is 1.61. The zero-order valence-corrected chi connectivity index (χ0v) is 27.1. The monoisotopic (exact) mass is 656 g/mol. The van der Waals surface area contributed by atoms with E-state index in [1.807, 2.05) is 36.2 Å². The molecule has 6 nitrogen and oxygen atoms in total. The Kier molecular flexibility index (Phi) is 22.8. The fraction of sp³-hybridized carbons (Fsp3) is 0.594. The van der Waals surface area contributed by atoms with Gasteiger partial charge in [0, 0.05) is 26.2 Å². The molecule has 0 aromatic carbocycles. The van der Waals surface area contributed by atoms with Crippen LogP contribution in [0.15, 0.2) is 57.4 Å². The summed E-state index contributed by atoms with van der Waals surface area (Å²) in [7, 11) is 3.22. The maximum absolute atomic E-state index is 12.6. The third-order valence-corrected chi connectivity index (χ3v) is 6.39. The van der Waals surface area contributed by atoms with E-state index in [1.165, 1.54) is 0 Å². The third kappa shape index (κ3) is 19.8. The molecule has 0 fully saturated rings. The smallest absolute Gasteiger partial charge is 0.333 e. The van der Waals surface area contributed by atoms with Crippen molar-refractivity contribution in [1.29, 1.82) is 0 Å². The van der Waals surface area contributed by atoms with Gasteiger partial charge in [0.2, 0.25) is 0 Å². The van der Waals surface area contributed by atoms with E-state index >= 15 is 0 Å². The fourth-order valence-corrected chi connectivity index (χ4v) is 4.35. The number of hydrogen-bond donors (Lipinski definition) is 0. The van der Waals surface area contributed by atoms with Gasteiger partial charge >= 0.3 is 5.97 Å². The lowest BCUT2D eigenvalue weighted by molar-refractivity contribution is -0.143. The summed E-state index contributed by atoms with van der Waals surface area (Å²) in [4.78, 5) is 12.6. The van der Waals surface area contributed by atoms with Gasteiger partial charge in [-0.1, -0.05) is 66.7 Å². The topological polar surface area (TPSA) is 63.2 Å². The minimum absolute atomic E-state index is 0.118. The zero-order valence-electron chi connectivity index (χ0n) is 24.9. The van der Waals surface area contributed by atoms with Crippen LogP contribution in [-0.2, 0) is 28.5 Å². The summed E-state index contributed by atoms with van der Waals surface area (Å²) >= 11 is 2.23. The van der Waals surface area contributed by atoms with Gasteiger partial charge in [-0.15, -0.1) is 6.42 Å². The first-order valence-corrected chi connectivity index (χ1v) is 14.8. The van der Waals surface area contributed by atoms with Crippen LogP contribution < -0.4 is 0 Å². The molecular formula is C32H49IO6. The van der Waals surface area contributed by atoms with Crippen LogP contribution >= 0.6 is 22.6 Å². The zero-order chi connectivity index (χ0) is 29.5. The SMILES string of the molecule is C#C/C=C(C)/C=C/[C@H](OCOC)[C@@H](C)CC/C=C(\C)C(=O)O[C@H](C)CCC/C=C(/C[C@H](C)/C=C\I)OCOC. The number of hydrogen-bond acceptors (Lipinski definition) is 6. The predicted octanol–water partition coefficient (Wildman–Crippen LogP) is 8.06. The van der Waals surface area contributed by atoms with Crippen molar-refractivity contribution in [2.24, 2.45) is 11.8 Å². The van der Waals surface area contributed by atoms with Crippen molar-refractivity contribution in [3.05, 3.63) is 57.4 Å². The maximum Gasteiger partial charge on any atom is 0.333 e. The van der Waals surface area contributed by atoms with Crippen LogP contribution in [0.1, 0.15) is 73.1 Å². The molecule has 0 bridgehead atoms. The van der Waals surface area contributed by atoms with Gasteiger partial charge in [-0.3, -0.25) is 0 Å². The quantitative estimate of drug-likeness (QED) is 0.0182. The highest BCUT2D eigenvalue weighted by atomic mass is 127. The molecule has 0 aliphatic rings. The van der Waals surface area contributed by atoms with Gasteiger partial charge < -0.3 is 23.7 Å². The van der Waals surface area contributed by atoms with E-state index in [0.29, 0.717) is 11.5 Å². The summed E-state index contributed by atoms with van der Waals surface area (Å²) in [6.07, 6.45) is 21.9. The standard InChI is InChI=1S/C32H49IO6/c1-9-13-25(2)18-19-31(38-24-36-8)27(4)14-12-15-28(5)32(34)39-29(6)16-10-11-17-30(37-23-35-7)22-26(3)20-21-33/h1,13,15,17-21,26-27,29,31H,10-12,14,16,22-24H2,2-8H3/b19-18+,21-20-,25-13+,28-15+,30-17-/t26-,27+,29-,31+/m1/s1. The molecule has 4 atom stereocenters. The lowest BCUT2D eigenvalue weighted by atomic mass is 9.97. The highest BCUT2D eigenvalue weighted by Crippen LogP contribution is 2.19. The summed E-state index contributed by atoms with van der Waals surface area (Å²) < 4.78 is 29.4. The van der Waals surface area contributed by atoms with Crippen molar-refractivity contribution in [1.82, 2.24) is 0 Å². The number of rotatable bonds is 21. The molecule has 0 aliphatic carbocycles. The molecule has 0 heterocycles. The summed E-state index contributed by atoms with van der Waals surface area (Å²) in [5.74, 6) is 3.80. The van der Waals surface area contributed by atoms with Crippen LogP contribution in [0.4, 0.5) is 0 Å². The van der Waals surface area contributed by atoms with Crippen molar-refractivity contribution in [2.75, 3.05) is 27.8 Å². The number of halogens is 1. The Balaban J connectivity index is 4.71. The van der Waals surface area contributed by atoms with Gasteiger partial charge in [0.25, 0.3) is 0 Å². The van der Waals surface area contributed by atoms with Crippen LogP contribution in [0, 0.1) is 24.2 Å². The maximum atomic E-state index is 12.6. The molecule has 0 aliphatic heterocycles. The lowest BCUT2D eigenvalue weighted by Gasteiger charge is -2.21. The molecule has 0 aromatic rings. The summed E-state index contributed by atoms with van der Waals surface area (Å²) in [5, 5.41) is 0. The van der Waals surface area contributed by atoms with Gasteiger partial charge in [-0.05, 0) is 86.5 Å². The Bertz CT molecular complexity index is 864. The average Bonchev–Trinajstić information content (AvgIpc) is 2.89. The van der Waals surface area contributed by atoms with Crippen molar-refractivity contribution < 1.29 is 28.5 Å². The van der Waals surface area contributed by atoms with Crippen molar-refractivity contribution in [2.45, 2.75) is 85.4 Å². The number of carbonyl (C=O) groups excluding carboxylic acids is 1. The van der Waals surface area contributed by atoms with Gasteiger partial charge in [0.05, 0.1) is 18.0 Å². The number of terminal acetylenes is 1. The largest absolute Gasteiger partial charge is 0.472 e. The Morgan fingerprint density at radius 1 is 1.00 bits per heavy atom. The number of esters is 1. The molecule has 0 saturated heterocycles. The molecule has 0 amide bonds. The Hall–Kier alpha value is -1.86. The number of carbonyl (C=O) groups is 1. The molecular weight excluding hydrogens is 607 g/mol. The second kappa shape index (κ2) is 24.0. The van der Waals surface area contributed by atoms with E-state index in [2.05, 4.69) is 54.5 Å². The first-order chi connectivity index (χ1) is 18.7. The second-order valence-electron chi connectivity index (χ2n) is 9.76. The van der Waals surface area contributed by atoms with E-state index in [0.717, 1.165) is 49.9 Å². The normalized spacial score (nSPS) is 16.2. The summed E-state index contributed by atoms with van der Waals surface area (Å²) in [6, 6.07) is 0. The van der Waals surface area contributed by atoms with Crippen LogP contribution in [0.3, 0.4) is 0 Å². The van der Waals surface area contributed by atoms with Gasteiger partial charge in [-0.25, -0.2) is 4.79 Å². The lowest BCUT2D eigenvalue weighted by Crippen LogP contribution is -2.21. The highest BCUT2D eigenvalue weighted by molar-refractivity contribution is 14.1. The molecule has 0 N–H and O–H groups in total. The van der Waals surface area contributed by atoms with E-state index in [1.54, 1.807) is 27.2 Å². The molecule has 39 heavy (non-hydrogen) atoms. The predicted molar refractivity (Wildman–Crippen MR) is 168 cm³/mol. The molecule has 0 radical (unpaired) electrons. The van der Waals surface area contributed by atoms with Gasteiger partial charge in [0.15, 0.2) is 6.79 Å². The highest BCUT2D eigenvalue weighted by Gasteiger charge is 2.16. The van der Waals surface area contributed by atoms with Crippen molar-refractivity contribution in [3.63, 3.8) is 0 Å². The van der Waals surface area contributed by atoms with E-state index in [9.17, 15) is 4.79 Å². The molecule has 0 unspecified atom stereocenters. The minimum atomic E-state index is -0.267. The fourth-order valence-electron chi connectivity index (χ4n) is 3.64. The number of allylic oxidation sites excluding steroid dienone is 7. The van der Waals surface area contributed by atoms with Crippen LogP contribution in [-0.4, -0.2) is 46.0 Å². The molecule has 220 valence electrons. The number of ether oxygens (including phenoxy) is 5. The van der Waals surface area contributed by atoms with Gasteiger partial charge in [-0.2, -0.15) is 0 Å². The molecule has 0 spiro atoms. The average molecular weight is 657 g/mol.